The van der Waals surface area contributed by atoms with Gasteiger partial charge in [0.25, 0.3) is 0 Å². The highest BCUT2D eigenvalue weighted by atomic mass is 32.2. The summed E-state index contributed by atoms with van der Waals surface area (Å²) in [7, 11) is -3.99. The second-order valence-corrected chi connectivity index (χ2v) is 6.52. The van der Waals surface area contributed by atoms with Crippen molar-refractivity contribution in [1.29, 1.82) is 0 Å². The van der Waals surface area contributed by atoms with Crippen molar-refractivity contribution in [1.82, 2.24) is 9.62 Å². The predicted molar refractivity (Wildman–Crippen MR) is 81.6 cm³/mol. The zero-order valence-corrected chi connectivity index (χ0v) is 13.6. The van der Waals surface area contributed by atoms with Gasteiger partial charge in [0, 0.05) is 13.1 Å². The average Bonchev–Trinajstić information content (AvgIpc) is 2.52. The van der Waals surface area contributed by atoms with Gasteiger partial charge in [-0.15, -0.1) is 0 Å². The highest BCUT2D eigenvalue weighted by Crippen LogP contribution is 2.12. The maximum absolute atomic E-state index is 12.9. The molecule has 1 aromatic rings. The lowest BCUT2D eigenvalue weighted by Crippen LogP contribution is -2.49. The molecule has 0 fully saturated rings. The van der Waals surface area contributed by atoms with E-state index in [4.69, 9.17) is 10.2 Å². The van der Waals surface area contributed by atoms with Gasteiger partial charge in [0.1, 0.15) is 11.9 Å². The Labute approximate surface area is 134 Å². The number of nitrogens with one attached hydrogen (secondary N) is 1. The third-order valence-electron chi connectivity index (χ3n) is 3.18. The normalized spacial score (nSPS) is 12.9. The zero-order valence-electron chi connectivity index (χ0n) is 12.8. The number of rotatable bonds is 9. The van der Waals surface area contributed by atoms with E-state index < -0.39 is 27.8 Å². The lowest BCUT2D eigenvalue weighted by atomic mass is 10.2. The molecule has 0 saturated heterocycles. The maximum Gasteiger partial charge on any atom is 0.241 e. The summed E-state index contributed by atoms with van der Waals surface area (Å²) >= 11 is 0. The fourth-order valence-electron chi connectivity index (χ4n) is 1.97. The summed E-state index contributed by atoms with van der Waals surface area (Å²) in [6.07, 6.45) is 0.187. The van der Waals surface area contributed by atoms with E-state index in [0.29, 0.717) is 0 Å². The number of carbonyl (C=O) groups excluding carboxylic acids is 1. The smallest absolute Gasteiger partial charge is 0.241 e. The number of halogens is 1. The molecule has 0 spiro atoms. The number of amides is 1. The summed E-state index contributed by atoms with van der Waals surface area (Å²) in [5.41, 5.74) is 0. The molecule has 0 aliphatic heterocycles. The lowest BCUT2D eigenvalue weighted by molar-refractivity contribution is -0.134. The summed E-state index contributed by atoms with van der Waals surface area (Å²) in [4.78, 5) is 13.4. The van der Waals surface area contributed by atoms with Crippen molar-refractivity contribution in [3.8, 4) is 0 Å². The molecule has 1 amide bonds. The van der Waals surface area contributed by atoms with Gasteiger partial charge >= 0.3 is 0 Å². The van der Waals surface area contributed by atoms with E-state index in [1.165, 1.54) is 4.90 Å². The van der Waals surface area contributed by atoms with E-state index in [1.807, 2.05) is 0 Å². The molecule has 1 unspecified atom stereocenters. The first-order chi connectivity index (χ1) is 10.9. The van der Waals surface area contributed by atoms with Crippen molar-refractivity contribution in [3.63, 3.8) is 0 Å². The minimum Gasteiger partial charge on any atom is -0.395 e. The van der Waals surface area contributed by atoms with Crippen molar-refractivity contribution in [2.24, 2.45) is 0 Å². The number of nitrogens with zero attached hydrogens (tertiary/aromatic N) is 1. The van der Waals surface area contributed by atoms with Crippen LogP contribution in [0.5, 0.6) is 0 Å². The van der Waals surface area contributed by atoms with Gasteiger partial charge in [-0.2, -0.15) is 4.72 Å². The first-order valence-electron chi connectivity index (χ1n) is 7.14. The van der Waals surface area contributed by atoms with E-state index in [2.05, 4.69) is 4.72 Å². The largest absolute Gasteiger partial charge is 0.395 e. The number of sulfonamides is 1. The molecule has 23 heavy (non-hydrogen) atoms. The summed E-state index contributed by atoms with van der Waals surface area (Å²) < 4.78 is 39.7. The number of hydrogen-bond donors (Lipinski definition) is 3. The van der Waals surface area contributed by atoms with Crippen molar-refractivity contribution in [2.75, 3.05) is 26.3 Å². The summed E-state index contributed by atoms with van der Waals surface area (Å²) in [5.74, 6) is -1.11. The maximum atomic E-state index is 12.9. The van der Waals surface area contributed by atoms with Crippen LogP contribution in [0, 0.1) is 5.82 Å². The van der Waals surface area contributed by atoms with Crippen LogP contribution in [0.15, 0.2) is 29.2 Å². The second-order valence-electron chi connectivity index (χ2n) is 4.81. The number of carbonyl (C=O) groups is 1. The highest BCUT2D eigenvalue weighted by Gasteiger charge is 2.27. The fourth-order valence-corrected chi connectivity index (χ4v) is 3.24. The third kappa shape index (κ3) is 5.54. The van der Waals surface area contributed by atoms with Crippen LogP contribution in [0.2, 0.25) is 0 Å². The Morgan fingerprint density at radius 3 is 2.17 bits per heavy atom. The van der Waals surface area contributed by atoms with Crippen LogP contribution in [0.1, 0.15) is 13.3 Å². The van der Waals surface area contributed by atoms with Gasteiger partial charge in [0.15, 0.2) is 0 Å². The van der Waals surface area contributed by atoms with E-state index in [1.54, 1.807) is 6.92 Å². The molecule has 0 aromatic heterocycles. The SMILES string of the molecule is CCC(NS(=O)(=O)c1ccc(F)cc1)C(=O)N(CCO)CCO. The number of aliphatic hydroxyl groups is 2. The molecule has 3 N–H and O–H groups in total. The second kappa shape index (κ2) is 8.92. The van der Waals surface area contributed by atoms with Gasteiger partial charge in [-0.05, 0) is 30.7 Å². The number of benzene rings is 1. The van der Waals surface area contributed by atoms with Crippen LogP contribution >= 0.6 is 0 Å². The van der Waals surface area contributed by atoms with Gasteiger partial charge in [0.2, 0.25) is 15.9 Å². The topological polar surface area (TPSA) is 107 Å². The molecule has 0 bridgehead atoms. The van der Waals surface area contributed by atoms with Gasteiger partial charge < -0.3 is 15.1 Å². The van der Waals surface area contributed by atoms with E-state index in [9.17, 15) is 17.6 Å². The minimum atomic E-state index is -3.99. The van der Waals surface area contributed by atoms with Crippen molar-refractivity contribution in [3.05, 3.63) is 30.1 Å². The molecule has 9 heteroatoms. The van der Waals surface area contributed by atoms with Crippen LogP contribution in [0.3, 0.4) is 0 Å². The Hall–Kier alpha value is -1.55. The predicted octanol–water partition coefficient (Wildman–Crippen LogP) is -0.304. The standard InChI is InChI=1S/C14H21FN2O5S/c1-2-13(14(20)17(7-9-18)8-10-19)16-23(21,22)12-5-3-11(15)4-6-12/h3-6,13,16,18-19H,2,7-10H2,1H3. The molecular formula is C14H21FN2O5S. The zero-order chi connectivity index (χ0) is 17.5. The van der Waals surface area contributed by atoms with Gasteiger partial charge in [0.05, 0.1) is 18.1 Å². The van der Waals surface area contributed by atoms with Crippen molar-refractivity contribution >= 4 is 15.9 Å². The van der Waals surface area contributed by atoms with E-state index in [-0.39, 0.29) is 37.6 Å². The van der Waals surface area contributed by atoms with Gasteiger partial charge in [-0.3, -0.25) is 4.79 Å². The molecule has 7 nitrogen and oxygen atoms in total. The van der Waals surface area contributed by atoms with Crippen LogP contribution in [0.4, 0.5) is 4.39 Å². The molecule has 1 atom stereocenters. The Balaban J connectivity index is 2.92. The Morgan fingerprint density at radius 2 is 1.74 bits per heavy atom. The fraction of sp³-hybridized carbons (Fsp3) is 0.500. The average molecular weight is 348 g/mol. The quantitative estimate of drug-likeness (QED) is 0.568. The molecule has 0 radical (unpaired) electrons. The lowest BCUT2D eigenvalue weighted by Gasteiger charge is -2.26. The van der Waals surface area contributed by atoms with Gasteiger partial charge in [-0.25, -0.2) is 12.8 Å². The molecule has 0 saturated carbocycles. The van der Waals surface area contributed by atoms with Gasteiger partial charge in [-0.1, -0.05) is 6.92 Å². The summed E-state index contributed by atoms with van der Waals surface area (Å²) in [5, 5.41) is 17.9. The van der Waals surface area contributed by atoms with Crippen LogP contribution in [-0.4, -0.2) is 61.8 Å². The van der Waals surface area contributed by atoms with Crippen LogP contribution in [0.25, 0.3) is 0 Å². The molecule has 130 valence electrons. The Morgan fingerprint density at radius 1 is 1.22 bits per heavy atom. The minimum absolute atomic E-state index is 0.00578. The first-order valence-corrected chi connectivity index (χ1v) is 8.62. The summed E-state index contributed by atoms with van der Waals surface area (Å²) in [6.45, 7) is 1.02. The van der Waals surface area contributed by atoms with Crippen molar-refractivity contribution < 1.29 is 27.8 Å². The van der Waals surface area contributed by atoms with Crippen LogP contribution in [-0.2, 0) is 14.8 Å². The van der Waals surface area contributed by atoms with Crippen LogP contribution < -0.4 is 4.72 Å². The van der Waals surface area contributed by atoms with Crippen molar-refractivity contribution in [2.45, 2.75) is 24.3 Å². The molecule has 1 rings (SSSR count). The molecular weight excluding hydrogens is 327 g/mol. The highest BCUT2D eigenvalue weighted by molar-refractivity contribution is 7.89. The van der Waals surface area contributed by atoms with E-state index >= 15 is 0 Å². The summed E-state index contributed by atoms with van der Waals surface area (Å²) in [6, 6.07) is 3.20. The Kier molecular flexibility index (Phi) is 7.56. The molecule has 0 aliphatic rings. The molecule has 0 heterocycles. The number of aliphatic hydroxyl groups excluding tert-OH is 2. The third-order valence-corrected chi connectivity index (χ3v) is 4.67. The molecule has 0 aliphatic carbocycles. The number of hydrogen-bond acceptors (Lipinski definition) is 5. The van der Waals surface area contributed by atoms with E-state index in [0.717, 1.165) is 24.3 Å². The monoisotopic (exact) mass is 348 g/mol. The first kappa shape index (κ1) is 19.5. The molecule has 1 aromatic carbocycles. The Bertz CT molecular complexity index is 600.